The summed E-state index contributed by atoms with van der Waals surface area (Å²) in [5.41, 5.74) is 0. The summed E-state index contributed by atoms with van der Waals surface area (Å²) < 4.78 is 5.51. The SMILES string of the molecule is CCC(CBr)CN(C)CCOC(C)C. The van der Waals surface area contributed by atoms with Crippen LogP contribution in [0.2, 0.25) is 0 Å². The molecule has 0 spiro atoms. The van der Waals surface area contributed by atoms with Crippen LogP contribution < -0.4 is 0 Å². The lowest BCUT2D eigenvalue weighted by Crippen LogP contribution is -2.30. The van der Waals surface area contributed by atoms with Gasteiger partial charge < -0.3 is 9.64 Å². The smallest absolute Gasteiger partial charge is 0.0596 e. The molecular formula is C11H24BrNO. The molecule has 0 aromatic heterocycles. The van der Waals surface area contributed by atoms with Crippen molar-refractivity contribution in [2.24, 2.45) is 5.92 Å². The zero-order valence-electron chi connectivity index (χ0n) is 9.92. The molecule has 0 bridgehead atoms. The Hall–Kier alpha value is 0.400. The summed E-state index contributed by atoms with van der Waals surface area (Å²) >= 11 is 3.54. The van der Waals surface area contributed by atoms with Crippen LogP contribution in [-0.2, 0) is 4.74 Å². The van der Waals surface area contributed by atoms with Crippen molar-refractivity contribution in [1.29, 1.82) is 0 Å². The molecule has 0 saturated carbocycles. The fourth-order valence-electron chi connectivity index (χ4n) is 1.26. The molecule has 0 amide bonds. The lowest BCUT2D eigenvalue weighted by molar-refractivity contribution is 0.0617. The van der Waals surface area contributed by atoms with E-state index < -0.39 is 0 Å². The van der Waals surface area contributed by atoms with Gasteiger partial charge in [0.25, 0.3) is 0 Å². The van der Waals surface area contributed by atoms with E-state index in [0.29, 0.717) is 6.10 Å². The number of alkyl halides is 1. The van der Waals surface area contributed by atoms with Crippen LogP contribution in [0.3, 0.4) is 0 Å². The summed E-state index contributed by atoms with van der Waals surface area (Å²) in [6.07, 6.45) is 1.59. The minimum Gasteiger partial charge on any atom is -0.377 e. The van der Waals surface area contributed by atoms with E-state index in [1.54, 1.807) is 0 Å². The lowest BCUT2D eigenvalue weighted by Gasteiger charge is -2.22. The first-order valence-corrected chi connectivity index (χ1v) is 6.58. The molecule has 0 aliphatic rings. The molecule has 0 radical (unpaired) electrons. The number of hydrogen-bond donors (Lipinski definition) is 0. The summed E-state index contributed by atoms with van der Waals surface area (Å²) in [7, 11) is 2.16. The Kier molecular flexibility index (Phi) is 8.94. The Morgan fingerprint density at radius 3 is 2.43 bits per heavy atom. The Morgan fingerprint density at radius 2 is 2.00 bits per heavy atom. The first-order valence-electron chi connectivity index (χ1n) is 5.46. The second-order valence-electron chi connectivity index (χ2n) is 4.11. The fraction of sp³-hybridized carbons (Fsp3) is 1.00. The third kappa shape index (κ3) is 7.77. The van der Waals surface area contributed by atoms with Gasteiger partial charge in [-0.1, -0.05) is 29.3 Å². The van der Waals surface area contributed by atoms with Gasteiger partial charge in [0.2, 0.25) is 0 Å². The molecule has 0 aromatic rings. The molecule has 1 atom stereocenters. The van der Waals surface area contributed by atoms with Gasteiger partial charge in [-0.05, 0) is 26.8 Å². The van der Waals surface area contributed by atoms with E-state index in [0.717, 1.165) is 30.9 Å². The molecule has 2 nitrogen and oxygen atoms in total. The van der Waals surface area contributed by atoms with Gasteiger partial charge in [0, 0.05) is 18.4 Å². The minimum absolute atomic E-state index is 0.349. The van der Waals surface area contributed by atoms with E-state index in [-0.39, 0.29) is 0 Å². The summed E-state index contributed by atoms with van der Waals surface area (Å²) in [5.74, 6) is 0.763. The van der Waals surface area contributed by atoms with Gasteiger partial charge >= 0.3 is 0 Å². The van der Waals surface area contributed by atoms with Crippen LogP contribution in [0.15, 0.2) is 0 Å². The van der Waals surface area contributed by atoms with Crippen molar-refractivity contribution in [3.05, 3.63) is 0 Å². The highest BCUT2D eigenvalue weighted by Gasteiger charge is 2.07. The molecule has 0 N–H and O–H groups in total. The maximum atomic E-state index is 5.51. The monoisotopic (exact) mass is 265 g/mol. The summed E-state index contributed by atoms with van der Waals surface area (Å²) in [5, 5.41) is 1.10. The third-order valence-electron chi connectivity index (χ3n) is 2.29. The topological polar surface area (TPSA) is 12.5 Å². The van der Waals surface area contributed by atoms with Gasteiger partial charge in [0.15, 0.2) is 0 Å². The van der Waals surface area contributed by atoms with Crippen molar-refractivity contribution in [3.63, 3.8) is 0 Å². The molecule has 0 heterocycles. The number of likely N-dealkylation sites (N-methyl/N-ethyl adjacent to an activating group) is 1. The van der Waals surface area contributed by atoms with Crippen molar-refractivity contribution in [2.45, 2.75) is 33.3 Å². The molecule has 1 unspecified atom stereocenters. The minimum atomic E-state index is 0.349. The molecule has 0 aliphatic carbocycles. The lowest BCUT2D eigenvalue weighted by atomic mass is 10.1. The van der Waals surface area contributed by atoms with Crippen molar-refractivity contribution < 1.29 is 4.74 Å². The summed E-state index contributed by atoms with van der Waals surface area (Å²) in [6.45, 7) is 9.42. The number of hydrogen-bond acceptors (Lipinski definition) is 2. The molecule has 0 aromatic carbocycles. The largest absolute Gasteiger partial charge is 0.377 e. The van der Waals surface area contributed by atoms with Crippen LogP contribution in [0.1, 0.15) is 27.2 Å². The molecule has 3 heteroatoms. The first kappa shape index (κ1) is 14.4. The van der Waals surface area contributed by atoms with Crippen LogP contribution in [0.5, 0.6) is 0 Å². The van der Waals surface area contributed by atoms with E-state index >= 15 is 0 Å². The van der Waals surface area contributed by atoms with Crippen LogP contribution >= 0.6 is 15.9 Å². The Labute approximate surface area is 97.1 Å². The number of ether oxygens (including phenoxy) is 1. The van der Waals surface area contributed by atoms with Crippen molar-refractivity contribution >= 4 is 15.9 Å². The normalized spacial score (nSPS) is 13.9. The zero-order valence-corrected chi connectivity index (χ0v) is 11.5. The van der Waals surface area contributed by atoms with Crippen molar-refractivity contribution in [3.8, 4) is 0 Å². The maximum Gasteiger partial charge on any atom is 0.0596 e. The Morgan fingerprint density at radius 1 is 1.36 bits per heavy atom. The van der Waals surface area contributed by atoms with E-state index in [9.17, 15) is 0 Å². The quantitative estimate of drug-likeness (QED) is 0.626. The van der Waals surface area contributed by atoms with Crippen molar-refractivity contribution in [1.82, 2.24) is 4.90 Å². The summed E-state index contributed by atoms with van der Waals surface area (Å²) in [6, 6.07) is 0. The van der Waals surface area contributed by atoms with Gasteiger partial charge in [-0.3, -0.25) is 0 Å². The van der Waals surface area contributed by atoms with Gasteiger partial charge in [-0.2, -0.15) is 0 Å². The first-order chi connectivity index (χ1) is 6.60. The van der Waals surface area contributed by atoms with Crippen LogP contribution in [0.4, 0.5) is 0 Å². The maximum absolute atomic E-state index is 5.51. The standard InChI is InChI=1S/C11H24BrNO/c1-5-11(8-12)9-13(4)6-7-14-10(2)3/h10-11H,5-9H2,1-4H3. The van der Waals surface area contributed by atoms with Crippen LogP contribution in [-0.4, -0.2) is 43.1 Å². The van der Waals surface area contributed by atoms with Crippen LogP contribution in [0.25, 0.3) is 0 Å². The molecule has 0 rings (SSSR count). The van der Waals surface area contributed by atoms with E-state index in [1.165, 1.54) is 6.42 Å². The molecule has 0 saturated heterocycles. The number of halogens is 1. The van der Waals surface area contributed by atoms with Crippen LogP contribution in [0, 0.1) is 5.92 Å². The molecule has 14 heavy (non-hydrogen) atoms. The second kappa shape index (κ2) is 8.69. The highest BCUT2D eigenvalue weighted by Crippen LogP contribution is 2.07. The molecular weight excluding hydrogens is 242 g/mol. The molecule has 0 fully saturated rings. The predicted octanol–water partition coefficient (Wildman–Crippen LogP) is 2.76. The van der Waals surface area contributed by atoms with Gasteiger partial charge in [0.1, 0.15) is 0 Å². The van der Waals surface area contributed by atoms with Crippen molar-refractivity contribution in [2.75, 3.05) is 32.1 Å². The Balaban J connectivity index is 3.48. The average molecular weight is 266 g/mol. The molecule has 0 aliphatic heterocycles. The average Bonchev–Trinajstić information content (AvgIpc) is 2.13. The number of nitrogens with zero attached hydrogens (tertiary/aromatic N) is 1. The van der Waals surface area contributed by atoms with E-state index in [4.69, 9.17) is 4.74 Å². The highest BCUT2D eigenvalue weighted by molar-refractivity contribution is 9.09. The zero-order chi connectivity index (χ0) is 11.0. The van der Waals surface area contributed by atoms with Gasteiger partial charge in [0.05, 0.1) is 12.7 Å². The van der Waals surface area contributed by atoms with E-state index in [2.05, 4.69) is 48.6 Å². The third-order valence-corrected chi connectivity index (χ3v) is 3.21. The summed E-state index contributed by atoms with van der Waals surface area (Å²) in [4.78, 5) is 2.35. The van der Waals surface area contributed by atoms with Gasteiger partial charge in [-0.15, -0.1) is 0 Å². The number of rotatable bonds is 8. The fourth-order valence-corrected chi connectivity index (χ4v) is 1.93. The molecule has 86 valence electrons. The van der Waals surface area contributed by atoms with Gasteiger partial charge in [-0.25, -0.2) is 0 Å². The Bertz CT molecular complexity index is 126. The highest BCUT2D eigenvalue weighted by atomic mass is 79.9. The van der Waals surface area contributed by atoms with E-state index in [1.807, 2.05) is 0 Å². The predicted molar refractivity (Wildman–Crippen MR) is 66.2 cm³/mol. The second-order valence-corrected chi connectivity index (χ2v) is 4.76.